The lowest BCUT2D eigenvalue weighted by molar-refractivity contribution is -0.131. The average Bonchev–Trinajstić information content (AvgIpc) is 3.39. The molecule has 2 aromatic carbocycles. The lowest BCUT2D eigenvalue weighted by Crippen LogP contribution is -2.50. The number of aromatic nitrogens is 4. The van der Waals surface area contributed by atoms with Gasteiger partial charge in [-0.1, -0.05) is 29.4 Å². The van der Waals surface area contributed by atoms with Crippen LogP contribution in [0.25, 0.3) is 5.69 Å². The summed E-state index contributed by atoms with van der Waals surface area (Å²) >= 11 is 0. The van der Waals surface area contributed by atoms with Crippen molar-refractivity contribution in [3.05, 3.63) is 59.7 Å². The summed E-state index contributed by atoms with van der Waals surface area (Å²) in [6, 6.07) is 15.0. The third-order valence-electron chi connectivity index (χ3n) is 6.63. The lowest BCUT2D eigenvalue weighted by atomic mass is 9.92. The normalized spacial score (nSPS) is 16.2. The van der Waals surface area contributed by atoms with Crippen LogP contribution in [0.3, 0.4) is 0 Å². The van der Waals surface area contributed by atoms with Gasteiger partial charge in [0, 0.05) is 39.1 Å². The number of sulfonamides is 1. The molecule has 184 valence electrons. The van der Waals surface area contributed by atoms with Crippen molar-refractivity contribution in [3.63, 3.8) is 0 Å². The zero-order valence-electron chi connectivity index (χ0n) is 19.5. The molecule has 2 heterocycles. The fraction of sp³-hybridized carbons (Fsp3) is 0.417. The Balaban J connectivity index is 1.13. The predicted molar refractivity (Wildman–Crippen MR) is 131 cm³/mol. The van der Waals surface area contributed by atoms with E-state index in [1.54, 1.807) is 21.7 Å². The standard InChI is InChI=1S/C24H29N7O3S/c32-23(12-13-25-35(33,34)22-11-10-19-6-4-5-7-20(19)18-22)29-14-16-30(17-15-29)24-26-27-28-31(24)21-8-2-1-3-9-21/h1-3,8-11,18,25H,4-7,12-17H2. The number of aryl methyl sites for hydroxylation is 2. The zero-order chi connectivity index (χ0) is 24.3. The molecule has 0 atom stereocenters. The van der Waals surface area contributed by atoms with Crippen LogP contribution in [0.5, 0.6) is 0 Å². The predicted octanol–water partition coefficient (Wildman–Crippen LogP) is 1.56. The summed E-state index contributed by atoms with van der Waals surface area (Å²) in [5.41, 5.74) is 3.23. The van der Waals surface area contributed by atoms with Crippen molar-refractivity contribution in [1.29, 1.82) is 0 Å². The molecule has 1 aliphatic heterocycles. The third kappa shape index (κ3) is 5.20. The quantitative estimate of drug-likeness (QED) is 0.529. The Bertz CT molecular complexity index is 1290. The highest BCUT2D eigenvalue weighted by atomic mass is 32.2. The number of nitrogens with one attached hydrogen (secondary N) is 1. The Morgan fingerprint density at radius 2 is 1.69 bits per heavy atom. The van der Waals surface area contributed by atoms with E-state index in [1.807, 2.05) is 36.4 Å². The molecule has 1 fully saturated rings. The Labute approximate surface area is 205 Å². The van der Waals surface area contributed by atoms with Gasteiger partial charge in [0.05, 0.1) is 10.6 Å². The first-order valence-electron chi connectivity index (χ1n) is 12.0. The minimum Gasteiger partial charge on any atom is -0.339 e. The van der Waals surface area contributed by atoms with Gasteiger partial charge in [-0.3, -0.25) is 4.79 Å². The number of benzene rings is 2. The van der Waals surface area contributed by atoms with E-state index in [1.165, 1.54) is 5.56 Å². The third-order valence-corrected chi connectivity index (χ3v) is 8.09. The second-order valence-corrected chi connectivity index (χ2v) is 10.6. The maximum absolute atomic E-state index is 12.7. The Kier molecular flexibility index (Phi) is 6.78. The molecule has 0 unspecified atom stereocenters. The number of rotatable bonds is 7. The summed E-state index contributed by atoms with van der Waals surface area (Å²) in [4.78, 5) is 16.8. The molecule has 0 bridgehead atoms. The van der Waals surface area contributed by atoms with Crippen LogP contribution in [0.1, 0.15) is 30.4 Å². The van der Waals surface area contributed by atoms with E-state index in [0.717, 1.165) is 36.9 Å². The first kappa shape index (κ1) is 23.4. The number of hydrogen-bond donors (Lipinski definition) is 1. The number of piperazine rings is 1. The van der Waals surface area contributed by atoms with Crippen LogP contribution >= 0.6 is 0 Å². The summed E-state index contributed by atoms with van der Waals surface area (Å²) in [5, 5.41) is 12.1. The SMILES string of the molecule is O=C(CCNS(=O)(=O)c1ccc2c(c1)CCCC2)N1CCN(c2nnnn2-c2ccccc2)CC1. The number of para-hydroxylation sites is 1. The summed E-state index contributed by atoms with van der Waals surface area (Å²) in [6.07, 6.45) is 4.28. The van der Waals surface area contributed by atoms with Crippen molar-refractivity contribution in [2.24, 2.45) is 0 Å². The topological polar surface area (TPSA) is 113 Å². The molecule has 1 amide bonds. The molecule has 1 aliphatic carbocycles. The van der Waals surface area contributed by atoms with Crippen molar-refractivity contribution in [2.75, 3.05) is 37.6 Å². The molecule has 3 aromatic rings. The molecular weight excluding hydrogens is 466 g/mol. The molecule has 35 heavy (non-hydrogen) atoms. The molecule has 2 aliphatic rings. The Hall–Kier alpha value is -3.31. The fourth-order valence-corrected chi connectivity index (χ4v) is 5.76. The Morgan fingerprint density at radius 3 is 2.46 bits per heavy atom. The van der Waals surface area contributed by atoms with Crippen LogP contribution in [0.4, 0.5) is 5.95 Å². The number of amides is 1. The highest BCUT2D eigenvalue weighted by molar-refractivity contribution is 7.89. The number of fused-ring (bicyclic) bond motifs is 1. The first-order chi connectivity index (χ1) is 17.0. The van der Waals surface area contributed by atoms with E-state index < -0.39 is 10.0 Å². The van der Waals surface area contributed by atoms with Crippen LogP contribution in [0.2, 0.25) is 0 Å². The van der Waals surface area contributed by atoms with E-state index in [0.29, 0.717) is 32.1 Å². The lowest BCUT2D eigenvalue weighted by Gasteiger charge is -2.34. The largest absolute Gasteiger partial charge is 0.339 e. The van der Waals surface area contributed by atoms with Gasteiger partial charge in [0.1, 0.15) is 0 Å². The summed E-state index contributed by atoms with van der Waals surface area (Å²) < 4.78 is 29.8. The number of anilines is 1. The van der Waals surface area contributed by atoms with Gasteiger partial charge in [0.25, 0.3) is 0 Å². The van der Waals surface area contributed by atoms with Gasteiger partial charge in [-0.2, -0.15) is 4.68 Å². The smallest absolute Gasteiger partial charge is 0.250 e. The van der Waals surface area contributed by atoms with Gasteiger partial charge in [-0.05, 0) is 71.5 Å². The van der Waals surface area contributed by atoms with E-state index >= 15 is 0 Å². The van der Waals surface area contributed by atoms with Crippen LogP contribution in [-0.2, 0) is 27.7 Å². The second kappa shape index (κ2) is 10.1. The maximum atomic E-state index is 12.7. The number of carbonyl (C=O) groups excluding carboxylic acids is 1. The number of nitrogens with zero attached hydrogens (tertiary/aromatic N) is 6. The van der Waals surface area contributed by atoms with Crippen molar-refractivity contribution in [2.45, 2.75) is 37.0 Å². The molecular formula is C24H29N7O3S. The van der Waals surface area contributed by atoms with Crippen molar-refractivity contribution in [3.8, 4) is 5.69 Å². The minimum absolute atomic E-state index is 0.0690. The van der Waals surface area contributed by atoms with Gasteiger partial charge in [-0.25, -0.2) is 13.1 Å². The van der Waals surface area contributed by atoms with Gasteiger partial charge in [-0.15, -0.1) is 0 Å². The number of tetrazole rings is 1. The molecule has 0 saturated carbocycles. The Morgan fingerprint density at radius 1 is 0.943 bits per heavy atom. The second-order valence-electron chi connectivity index (χ2n) is 8.88. The van der Waals surface area contributed by atoms with E-state index in [9.17, 15) is 13.2 Å². The van der Waals surface area contributed by atoms with Crippen LogP contribution in [0, 0.1) is 0 Å². The summed E-state index contributed by atoms with van der Waals surface area (Å²) in [7, 11) is -3.64. The molecule has 1 aromatic heterocycles. The average molecular weight is 496 g/mol. The van der Waals surface area contributed by atoms with Crippen molar-refractivity contribution in [1.82, 2.24) is 29.8 Å². The molecule has 1 saturated heterocycles. The number of carbonyl (C=O) groups is 1. The highest BCUT2D eigenvalue weighted by Crippen LogP contribution is 2.24. The molecule has 1 N–H and O–H groups in total. The minimum atomic E-state index is -3.64. The first-order valence-corrected chi connectivity index (χ1v) is 13.5. The molecule has 11 heteroatoms. The van der Waals surface area contributed by atoms with Gasteiger partial charge >= 0.3 is 0 Å². The zero-order valence-corrected chi connectivity index (χ0v) is 20.3. The molecule has 0 spiro atoms. The summed E-state index contributed by atoms with van der Waals surface area (Å²) in [5.74, 6) is 0.571. The molecule has 10 nitrogen and oxygen atoms in total. The monoisotopic (exact) mass is 495 g/mol. The summed E-state index contributed by atoms with van der Waals surface area (Å²) in [6.45, 7) is 2.32. The van der Waals surface area contributed by atoms with E-state index in [2.05, 4.69) is 25.1 Å². The van der Waals surface area contributed by atoms with Gasteiger partial charge in [0.2, 0.25) is 21.9 Å². The van der Waals surface area contributed by atoms with Crippen LogP contribution < -0.4 is 9.62 Å². The van der Waals surface area contributed by atoms with Crippen LogP contribution in [0.15, 0.2) is 53.4 Å². The fourth-order valence-electron chi connectivity index (χ4n) is 4.68. The highest BCUT2D eigenvalue weighted by Gasteiger charge is 2.25. The molecule has 5 rings (SSSR count). The van der Waals surface area contributed by atoms with Gasteiger partial charge < -0.3 is 9.80 Å². The van der Waals surface area contributed by atoms with Crippen molar-refractivity contribution >= 4 is 21.9 Å². The molecule has 0 radical (unpaired) electrons. The van der Waals surface area contributed by atoms with E-state index in [4.69, 9.17) is 0 Å². The van der Waals surface area contributed by atoms with Crippen LogP contribution in [-0.4, -0.2) is 72.2 Å². The number of hydrogen-bond acceptors (Lipinski definition) is 7. The van der Waals surface area contributed by atoms with Crippen molar-refractivity contribution < 1.29 is 13.2 Å². The van der Waals surface area contributed by atoms with E-state index in [-0.39, 0.29) is 23.8 Å². The van der Waals surface area contributed by atoms with Gasteiger partial charge in [0.15, 0.2) is 0 Å². The maximum Gasteiger partial charge on any atom is 0.250 e.